The van der Waals surface area contributed by atoms with Gasteiger partial charge >= 0.3 is 5.97 Å². The second-order valence-corrected chi connectivity index (χ2v) is 13.9. The number of rotatable bonds is 17. The number of carboxylic acids is 1. The number of ether oxygens (including phenoxy) is 2. The highest BCUT2D eigenvalue weighted by molar-refractivity contribution is 7.99. The standard InChI is InChI=1S/C40H43N5O7S/c46-25-27-11-13-29(14-12-27)36-23-34(26-53-40-42-43-44-45(40)32-19-21-33(47)22-20-32)51-39(52-36)30-17-15-28(16-18-30)35-8-6-5-7-31(35)24-41-37(48)9-3-1-2-4-10-38(49)50/h5-8,11-22,34,36,39,46-47H,1-4,9-10,23-26H2,(H,41,48)(H,49,50). The molecule has 53 heavy (non-hydrogen) atoms. The molecule has 0 spiro atoms. The Morgan fingerprint density at radius 1 is 0.849 bits per heavy atom. The molecule has 3 atom stereocenters. The van der Waals surface area contributed by atoms with Crippen LogP contribution in [0.3, 0.4) is 0 Å². The van der Waals surface area contributed by atoms with E-state index in [1.165, 1.54) is 11.8 Å². The predicted molar refractivity (Wildman–Crippen MR) is 199 cm³/mol. The van der Waals surface area contributed by atoms with Crippen LogP contribution in [0.4, 0.5) is 0 Å². The maximum Gasteiger partial charge on any atom is 0.303 e. The lowest BCUT2D eigenvalue weighted by atomic mass is 9.97. The third-order valence-electron chi connectivity index (χ3n) is 9.08. The Hall–Kier alpha value is -5.08. The molecule has 1 amide bonds. The van der Waals surface area contributed by atoms with E-state index in [1.807, 2.05) is 72.8 Å². The molecule has 1 aliphatic rings. The molecule has 3 unspecified atom stereocenters. The molecule has 0 saturated carbocycles. The van der Waals surface area contributed by atoms with Crippen molar-refractivity contribution < 1.29 is 34.4 Å². The maximum atomic E-state index is 12.6. The van der Waals surface area contributed by atoms with Crippen LogP contribution < -0.4 is 5.32 Å². The van der Waals surface area contributed by atoms with Crippen LogP contribution in [0.2, 0.25) is 0 Å². The number of nitrogens with one attached hydrogen (secondary N) is 1. The minimum Gasteiger partial charge on any atom is -0.508 e. The quantitative estimate of drug-likeness (QED) is 0.0578. The van der Waals surface area contributed by atoms with Crippen molar-refractivity contribution in [3.8, 4) is 22.6 Å². The van der Waals surface area contributed by atoms with Crippen LogP contribution >= 0.6 is 11.8 Å². The molecule has 1 aromatic heterocycles. The second-order valence-electron chi connectivity index (χ2n) is 12.9. The Morgan fingerprint density at radius 3 is 2.30 bits per heavy atom. The fourth-order valence-corrected chi connectivity index (χ4v) is 7.10. The van der Waals surface area contributed by atoms with Gasteiger partial charge in [0.05, 0.1) is 24.5 Å². The van der Waals surface area contributed by atoms with Crippen LogP contribution in [0.15, 0.2) is 102 Å². The van der Waals surface area contributed by atoms with Crippen LogP contribution in [-0.4, -0.2) is 59.3 Å². The first-order valence-corrected chi connectivity index (χ1v) is 18.7. The van der Waals surface area contributed by atoms with Gasteiger partial charge < -0.3 is 30.1 Å². The summed E-state index contributed by atoms with van der Waals surface area (Å²) in [5.74, 6) is -0.0887. The Labute approximate surface area is 312 Å². The fourth-order valence-electron chi connectivity index (χ4n) is 6.19. The van der Waals surface area contributed by atoms with Crippen LogP contribution in [0.25, 0.3) is 16.8 Å². The third kappa shape index (κ3) is 10.5. The zero-order chi connectivity index (χ0) is 37.0. The number of aromatic nitrogens is 4. The maximum absolute atomic E-state index is 12.6. The summed E-state index contributed by atoms with van der Waals surface area (Å²) in [6, 6.07) is 30.5. The Balaban J connectivity index is 1.12. The van der Waals surface area contributed by atoms with Crippen molar-refractivity contribution in [3.05, 3.63) is 119 Å². The highest BCUT2D eigenvalue weighted by Crippen LogP contribution is 2.40. The molecule has 4 N–H and O–H groups in total. The van der Waals surface area contributed by atoms with Crippen molar-refractivity contribution >= 4 is 23.6 Å². The van der Waals surface area contributed by atoms with Crippen molar-refractivity contribution in [2.24, 2.45) is 0 Å². The zero-order valence-corrected chi connectivity index (χ0v) is 30.0. The van der Waals surface area contributed by atoms with Gasteiger partial charge in [0.2, 0.25) is 11.1 Å². The molecular weight excluding hydrogens is 695 g/mol. The normalized spacial score (nSPS) is 17.0. The third-order valence-corrected chi connectivity index (χ3v) is 10.1. The van der Waals surface area contributed by atoms with E-state index < -0.39 is 12.3 Å². The molecule has 12 nitrogen and oxygen atoms in total. The summed E-state index contributed by atoms with van der Waals surface area (Å²) < 4.78 is 14.8. The molecule has 13 heteroatoms. The highest BCUT2D eigenvalue weighted by atomic mass is 32.2. The van der Waals surface area contributed by atoms with E-state index in [9.17, 15) is 19.8 Å². The number of aliphatic carboxylic acids is 1. The minimum atomic E-state index is -0.786. The number of hydrogen-bond donors (Lipinski definition) is 4. The average molecular weight is 738 g/mol. The molecule has 1 saturated heterocycles. The van der Waals surface area contributed by atoms with E-state index in [-0.39, 0.29) is 36.9 Å². The smallest absolute Gasteiger partial charge is 0.303 e. The van der Waals surface area contributed by atoms with Crippen LogP contribution in [0.1, 0.15) is 79.6 Å². The number of aliphatic hydroxyl groups excluding tert-OH is 1. The number of amides is 1. The number of phenolic OH excluding ortho intramolecular Hbond substituents is 1. The van der Waals surface area contributed by atoms with Crippen molar-refractivity contribution in [2.75, 3.05) is 5.75 Å². The van der Waals surface area contributed by atoms with Crippen molar-refractivity contribution in [1.82, 2.24) is 25.5 Å². The van der Waals surface area contributed by atoms with Gasteiger partial charge in [-0.1, -0.05) is 97.4 Å². The van der Waals surface area contributed by atoms with Gasteiger partial charge in [-0.05, 0) is 75.4 Å². The SMILES string of the molecule is O=C(O)CCCCCCC(=O)NCc1ccccc1-c1ccc(C2OC(CSc3nnnn3-c3ccc(O)cc3)CC(c3ccc(CO)cc3)O2)cc1. The predicted octanol–water partition coefficient (Wildman–Crippen LogP) is 6.91. The number of carbonyl (C=O) groups excluding carboxylic acids is 1. The Kier molecular flexibility index (Phi) is 13.2. The number of aliphatic hydroxyl groups is 1. The van der Waals surface area contributed by atoms with Gasteiger partial charge in [-0.2, -0.15) is 4.68 Å². The monoisotopic (exact) mass is 737 g/mol. The molecule has 2 heterocycles. The summed E-state index contributed by atoms with van der Waals surface area (Å²) in [7, 11) is 0. The molecular formula is C40H43N5O7S. The second kappa shape index (κ2) is 18.6. The molecule has 1 fully saturated rings. The number of unbranched alkanes of at least 4 members (excludes halogenated alkanes) is 3. The molecule has 6 rings (SSSR count). The lowest BCUT2D eigenvalue weighted by Gasteiger charge is -2.36. The first kappa shape index (κ1) is 37.7. The number of thioether (sulfide) groups is 1. The van der Waals surface area contributed by atoms with Gasteiger partial charge in [0.15, 0.2) is 6.29 Å². The van der Waals surface area contributed by atoms with Crippen LogP contribution in [0.5, 0.6) is 5.75 Å². The molecule has 0 bridgehead atoms. The first-order valence-electron chi connectivity index (χ1n) is 17.7. The summed E-state index contributed by atoms with van der Waals surface area (Å²) in [6.45, 7) is 0.364. The summed E-state index contributed by atoms with van der Waals surface area (Å²) in [4.78, 5) is 23.2. The van der Waals surface area contributed by atoms with E-state index in [0.717, 1.165) is 58.3 Å². The number of benzene rings is 4. The lowest BCUT2D eigenvalue weighted by molar-refractivity contribution is -0.245. The van der Waals surface area contributed by atoms with E-state index >= 15 is 0 Å². The molecule has 1 aliphatic heterocycles. The number of carboxylic acid groups (broad SMARTS) is 1. The van der Waals surface area contributed by atoms with E-state index in [1.54, 1.807) is 28.9 Å². The van der Waals surface area contributed by atoms with Crippen LogP contribution in [0, 0.1) is 0 Å². The lowest BCUT2D eigenvalue weighted by Crippen LogP contribution is -2.31. The van der Waals surface area contributed by atoms with Crippen molar-refractivity contribution in [3.63, 3.8) is 0 Å². The van der Waals surface area contributed by atoms with E-state index in [2.05, 4.69) is 20.8 Å². The number of nitrogens with zero attached hydrogens (tertiary/aromatic N) is 4. The fraction of sp³-hybridized carbons (Fsp3) is 0.325. The topological polar surface area (TPSA) is 169 Å². The van der Waals surface area contributed by atoms with E-state index in [4.69, 9.17) is 14.6 Å². The average Bonchev–Trinajstić information content (AvgIpc) is 3.66. The Morgan fingerprint density at radius 2 is 1.57 bits per heavy atom. The van der Waals surface area contributed by atoms with Crippen molar-refractivity contribution in [2.45, 2.75) is 81.8 Å². The van der Waals surface area contributed by atoms with Crippen LogP contribution in [-0.2, 0) is 32.2 Å². The summed E-state index contributed by atoms with van der Waals surface area (Å²) in [6.07, 6.45) is 3.07. The number of phenols is 1. The summed E-state index contributed by atoms with van der Waals surface area (Å²) >= 11 is 1.48. The number of carbonyl (C=O) groups is 2. The van der Waals surface area contributed by atoms with Gasteiger partial charge in [-0.15, -0.1) is 5.10 Å². The molecule has 4 aromatic carbocycles. The van der Waals surface area contributed by atoms with Gasteiger partial charge in [-0.3, -0.25) is 9.59 Å². The first-order chi connectivity index (χ1) is 25.9. The van der Waals surface area contributed by atoms with E-state index in [0.29, 0.717) is 36.7 Å². The number of hydrogen-bond acceptors (Lipinski definition) is 10. The van der Waals surface area contributed by atoms with Gasteiger partial charge in [0.25, 0.3) is 0 Å². The molecule has 276 valence electrons. The molecule has 5 aromatic rings. The highest BCUT2D eigenvalue weighted by Gasteiger charge is 2.33. The minimum absolute atomic E-state index is 0.0230. The molecule has 0 radical (unpaired) electrons. The van der Waals surface area contributed by atoms with Crippen molar-refractivity contribution in [1.29, 1.82) is 0 Å². The van der Waals surface area contributed by atoms with Gasteiger partial charge in [0.1, 0.15) is 5.75 Å². The Bertz CT molecular complexity index is 1940. The number of tetrazole rings is 1. The summed E-state index contributed by atoms with van der Waals surface area (Å²) in [5, 5.41) is 43.9. The molecule has 0 aliphatic carbocycles. The van der Waals surface area contributed by atoms with Gasteiger partial charge in [-0.25, -0.2) is 0 Å². The summed E-state index contributed by atoms with van der Waals surface area (Å²) in [5.41, 5.74) is 6.42. The largest absolute Gasteiger partial charge is 0.508 e. The number of aromatic hydroxyl groups is 1. The van der Waals surface area contributed by atoms with Gasteiger partial charge in [0, 0.05) is 37.1 Å². The zero-order valence-electron chi connectivity index (χ0n) is 29.2.